The van der Waals surface area contributed by atoms with Gasteiger partial charge in [0, 0.05) is 36.0 Å². The first kappa shape index (κ1) is 15.4. The highest BCUT2D eigenvalue weighted by molar-refractivity contribution is 7.10. The third kappa shape index (κ3) is 3.84. The maximum absolute atomic E-state index is 11.0. The van der Waals surface area contributed by atoms with Crippen LogP contribution < -0.4 is 5.32 Å². The lowest BCUT2D eigenvalue weighted by molar-refractivity contribution is -0.114. The molecular weight excluding hydrogens is 308 g/mol. The van der Waals surface area contributed by atoms with E-state index in [1.54, 1.807) is 11.3 Å². The zero-order valence-corrected chi connectivity index (χ0v) is 13.9. The number of hydrogen-bond donors (Lipinski definition) is 1. The summed E-state index contributed by atoms with van der Waals surface area (Å²) in [5.74, 6) is -0.0763. The lowest BCUT2D eigenvalue weighted by Crippen LogP contribution is -2.05. The summed E-state index contributed by atoms with van der Waals surface area (Å²) in [4.78, 5) is 12.4. The second kappa shape index (κ2) is 6.75. The molecule has 118 valence electrons. The molecule has 1 aromatic carbocycles. The van der Waals surface area contributed by atoms with Crippen LogP contribution in [0.25, 0.3) is 11.3 Å². The van der Waals surface area contributed by atoms with Crippen LogP contribution in [0.2, 0.25) is 0 Å². The number of rotatable bonds is 5. The molecule has 0 saturated heterocycles. The van der Waals surface area contributed by atoms with Crippen molar-refractivity contribution < 1.29 is 4.79 Å². The van der Waals surface area contributed by atoms with Crippen molar-refractivity contribution in [3.05, 3.63) is 52.3 Å². The van der Waals surface area contributed by atoms with Gasteiger partial charge in [-0.05, 0) is 36.1 Å². The number of amides is 1. The molecule has 0 aliphatic heterocycles. The summed E-state index contributed by atoms with van der Waals surface area (Å²) < 4.78 is 1.87. The molecule has 0 atom stereocenters. The molecule has 2 aromatic heterocycles. The Hall–Kier alpha value is -2.47. The SMILES string of the molecule is CC(=O)Nc1ccc(-c2cn(CCc3sccc3C)nn2)cc1. The summed E-state index contributed by atoms with van der Waals surface area (Å²) in [5, 5.41) is 13.3. The van der Waals surface area contributed by atoms with E-state index < -0.39 is 0 Å². The number of carbonyl (C=O) groups is 1. The fraction of sp³-hybridized carbons (Fsp3) is 0.235. The number of aryl methyl sites for hydroxylation is 3. The van der Waals surface area contributed by atoms with Gasteiger partial charge in [-0.1, -0.05) is 17.3 Å². The minimum absolute atomic E-state index is 0.0763. The van der Waals surface area contributed by atoms with Crippen LogP contribution in [-0.4, -0.2) is 20.9 Å². The molecule has 3 rings (SSSR count). The van der Waals surface area contributed by atoms with Gasteiger partial charge in [-0.3, -0.25) is 9.48 Å². The van der Waals surface area contributed by atoms with Gasteiger partial charge in [0.2, 0.25) is 5.91 Å². The lowest BCUT2D eigenvalue weighted by atomic mass is 10.1. The molecule has 0 bridgehead atoms. The van der Waals surface area contributed by atoms with Crippen LogP contribution in [0.5, 0.6) is 0 Å². The first-order valence-electron chi connectivity index (χ1n) is 7.43. The van der Waals surface area contributed by atoms with E-state index in [1.165, 1.54) is 17.4 Å². The summed E-state index contributed by atoms with van der Waals surface area (Å²) >= 11 is 1.78. The number of hydrogen-bond acceptors (Lipinski definition) is 4. The van der Waals surface area contributed by atoms with Crippen molar-refractivity contribution in [3.63, 3.8) is 0 Å². The number of thiophene rings is 1. The Morgan fingerprint density at radius 1 is 1.26 bits per heavy atom. The second-order valence-electron chi connectivity index (χ2n) is 5.40. The number of nitrogens with one attached hydrogen (secondary N) is 1. The quantitative estimate of drug-likeness (QED) is 0.780. The molecule has 23 heavy (non-hydrogen) atoms. The minimum Gasteiger partial charge on any atom is -0.326 e. The topological polar surface area (TPSA) is 59.8 Å². The van der Waals surface area contributed by atoms with E-state index in [4.69, 9.17) is 0 Å². The first-order valence-corrected chi connectivity index (χ1v) is 8.31. The predicted octanol–water partition coefficient (Wildman–Crippen LogP) is 3.52. The molecule has 0 aliphatic rings. The molecule has 0 fully saturated rings. The molecule has 0 spiro atoms. The number of anilines is 1. The fourth-order valence-corrected chi connectivity index (χ4v) is 3.24. The Morgan fingerprint density at radius 2 is 2.04 bits per heavy atom. The van der Waals surface area contributed by atoms with Crippen LogP contribution in [0, 0.1) is 6.92 Å². The largest absolute Gasteiger partial charge is 0.326 e. The maximum Gasteiger partial charge on any atom is 0.221 e. The molecule has 0 radical (unpaired) electrons. The van der Waals surface area contributed by atoms with Gasteiger partial charge in [0.05, 0.1) is 6.20 Å². The molecule has 1 amide bonds. The summed E-state index contributed by atoms with van der Waals surface area (Å²) in [6, 6.07) is 9.74. The van der Waals surface area contributed by atoms with E-state index in [0.717, 1.165) is 29.9 Å². The normalized spacial score (nSPS) is 10.7. The Morgan fingerprint density at radius 3 is 2.70 bits per heavy atom. The van der Waals surface area contributed by atoms with Crippen LogP contribution in [-0.2, 0) is 17.8 Å². The Labute approximate surface area is 139 Å². The van der Waals surface area contributed by atoms with E-state index in [-0.39, 0.29) is 5.91 Å². The zero-order chi connectivity index (χ0) is 16.2. The summed E-state index contributed by atoms with van der Waals surface area (Å²) in [5.41, 5.74) is 3.94. The van der Waals surface area contributed by atoms with Crippen LogP contribution >= 0.6 is 11.3 Å². The van der Waals surface area contributed by atoms with Crippen molar-refractivity contribution in [2.75, 3.05) is 5.32 Å². The monoisotopic (exact) mass is 326 g/mol. The Bertz CT molecular complexity index is 804. The van der Waals surface area contributed by atoms with Gasteiger partial charge in [-0.2, -0.15) is 0 Å². The maximum atomic E-state index is 11.0. The van der Waals surface area contributed by atoms with E-state index in [1.807, 2.05) is 35.1 Å². The Kier molecular flexibility index (Phi) is 4.52. The van der Waals surface area contributed by atoms with Crippen molar-refractivity contribution in [2.24, 2.45) is 0 Å². The van der Waals surface area contributed by atoms with E-state index >= 15 is 0 Å². The molecule has 0 saturated carbocycles. The second-order valence-corrected chi connectivity index (χ2v) is 6.40. The molecule has 3 aromatic rings. The molecule has 5 nitrogen and oxygen atoms in total. The van der Waals surface area contributed by atoms with Gasteiger partial charge in [0.1, 0.15) is 5.69 Å². The van der Waals surface area contributed by atoms with Crippen molar-refractivity contribution in [1.29, 1.82) is 0 Å². The molecule has 1 N–H and O–H groups in total. The van der Waals surface area contributed by atoms with Crippen LogP contribution in [0.15, 0.2) is 41.9 Å². The first-order chi connectivity index (χ1) is 11.1. The van der Waals surface area contributed by atoms with E-state index in [0.29, 0.717) is 0 Å². The van der Waals surface area contributed by atoms with Gasteiger partial charge < -0.3 is 5.32 Å². The highest BCUT2D eigenvalue weighted by atomic mass is 32.1. The highest BCUT2D eigenvalue weighted by Crippen LogP contribution is 2.20. The molecule has 0 aliphatic carbocycles. The van der Waals surface area contributed by atoms with Gasteiger partial charge in [-0.25, -0.2) is 0 Å². The summed E-state index contributed by atoms with van der Waals surface area (Å²) in [6.45, 7) is 4.45. The van der Waals surface area contributed by atoms with E-state index in [2.05, 4.69) is 34.0 Å². The summed E-state index contributed by atoms with van der Waals surface area (Å²) in [6.07, 6.45) is 2.92. The minimum atomic E-state index is -0.0763. The number of aromatic nitrogens is 3. The molecular formula is C17H18N4OS. The standard InChI is InChI=1S/C17H18N4OS/c1-12-8-10-23-17(12)7-9-21-11-16(19-20-21)14-3-5-15(6-4-14)18-13(2)22/h3-6,8,10-11H,7,9H2,1-2H3,(H,18,22). The average Bonchev–Trinajstić information content (AvgIpc) is 3.14. The van der Waals surface area contributed by atoms with Gasteiger partial charge in [0.15, 0.2) is 0 Å². The van der Waals surface area contributed by atoms with Crippen molar-refractivity contribution in [2.45, 2.75) is 26.8 Å². The molecule has 6 heteroatoms. The predicted molar refractivity (Wildman–Crippen MR) is 92.5 cm³/mol. The van der Waals surface area contributed by atoms with Crippen LogP contribution in [0.1, 0.15) is 17.4 Å². The Balaban J connectivity index is 1.66. The molecule has 0 unspecified atom stereocenters. The highest BCUT2D eigenvalue weighted by Gasteiger charge is 2.06. The number of nitrogens with zero attached hydrogens (tertiary/aromatic N) is 3. The fourth-order valence-electron chi connectivity index (χ4n) is 2.34. The van der Waals surface area contributed by atoms with Gasteiger partial charge in [0.25, 0.3) is 0 Å². The third-order valence-corrected chi connectivity index (χ3v) is 4.66. The van der Waals surface area contributed by atoms with Crippen LogP contribution in [0.4, 0.5) is 5.69 Å². The molecule has 2 heterocycles. The van der Waals surface area contributed by atoms with Crippen molar-refractivity contribution >= 4 is 22.9 Å². The zero-order valence-electron chi connectivity index (χ0n) is 13.1. The average molecular weight is 326 g/mol. The third-order valence-electron chi connectivity index (χ3n) is 3.58. The number of carbonyl (C=O) groups excluding carboxylic acids is 1. The lowest BCUT2D eigenvalue weighted by Gasteiger charge is -2.02. The van der Waals surface area contributed by atoms with E-state index in [9.17, 15) is 4.79 Å². The number of benzene rings is 1. The van der Waals surface area contributed by atoms with Gasteiger partial charge in [-0.15, -0.1) is 16.4 Å². The van der Waals surface area contributed by atoms with Gasteiger partial charge >= 0.3 is 0 Å². The summed E-state index contributed by atoms with van der Waals surface area (Å²) in [7, 11) is 0. The van der Waals surface area contributed by atoms with Crippen molar-refractivity contribution in [3.8, 4) is 11.3 Å². The van der Waals surface area contributed by atoms with Crippen LogP contribution in [0.3, 0.4) is 0 Å². The smallest absolute Gasteiger partial charge is 0.221 e. The van der Waals surface area contributed by atoms with Crippen molar-refractivity contribution in [1.82, 2.24) is 15.0 Å².